The summed E-state index contributed by atoms with van der Waals surface area (Å²) in [5, 5.41) is 0. The van der Waals surface area contributed by atoms with E-state index in [9.17, 15) is 0 Å². The second-order valence-electron chi connectivity index (χ2n) is 5.57. The van der Waals surface area contributed by atoms with Crippen molar-refractivity contribution >= 4 is 0 Å². The largest absolute Gasteiger partial charge is 0.364 e. The summed E-state index contributed by atoms with van der Waals surface area (Å²) in [6.07, 6.45) is 9.15. The van der Waals surface area contributed by atoms with Gasteiger partial charge in [-0.25, -0.2) is 9.78 Å². The Labute approximate surface area is 90.0 Å². The van der Waals surface area contributed by atoms with E-state index in [-0.39, 0.29) is 12.2 Å². The van der Waals surface area contributed by atoms with Gasteiger partial charge in [0.1, 0.15) is 24.4 Å². The van der Waals surface area contributed by atoms with Crippen LogP contribution in [0.5, 0.6) is 0 Å². The summed E-state index contributed by atoms with van der Waals surface area (Å²) in [6, 6.07) is 0. The second-order valence-corrected chi connectivity index (χ2v) is 5.57. The molecule has 4 fully saturated rings. The van der Waals surface area contributed by atoms with Crippen LogP contribution in [0.4, 0.5) is 0 Å². The van der Waals surface area contributed by atoms with E-state index >= 15 is 0 Å². The third-order valence-corrected chi connectivity index (χ3v) is 4.72. The van der Waals surface area contributed by atoms with Crippen LogP contribution in [-0.4, -0.2) is 24.4 Å². The molecule has 0 aromatic rings. The molecule has 4 atom stereocenters. The molecule has 0 N–H and O–H groups in total. The van der Waals surface area contributed by atoms with Crippen LogP contribution in [0.25, 0.3) is 0 Å². The van der Waals surface area contributed by atoms with Gasteiger partial charge in [0.15, 0.2) is 0 Å². The van der Waals surface area contributed by atoms with Crippen molar-refractivity contribution in [1.29, 1.82) is 0 Å². The molecular formula is C12H18O3. The van der Waals surface area contributed by atoms with E-state index < -0.39 is 0 Å². The van der Waals surface area contributed by atoms with Crippen molar-refractivity contribution in [1.82, 2.24) is 0 Å². The predicted molar refractivity (Wildman–Crippen MR) is 53.1 cm³/mol. The van der Waals surface area contributed by atoms with Crippen molar-refractivity contribution < 1.29 is 14.5 Å². The van der Waals surface area contributed by atoms with E-state index in [1.165, 1.54) is 38.5 Å². The molecule has 2 saturated carbocycles. The molecule has 84 valence electrons. The highest BCUT2D eigenvalue weighted by molar-refractivity contribution is 5.04. The predicted octanol–water partition coefficient (Wildman–Crippen LogP) is 2.05. The third kappa shape index (κ3) is 1.30. The zero-order chi connectivity index (χ0) is 9.83. The topological polar surface area (TPSA) is 31.0 Å². The summed E-state index contributed by atoms with van der Waals surface area (Å²) < 4.78 is 5.77. The van der Waals surface area contributed by atoms with Gasteiger partial charge in [-0.1, -0.05) is 12.8 Å². The minimum atomic E-state index is 0.250. The normalized spacial score (nSPS) is 50.4. The molecule has 2 aliphatic carbocycles. The number of hydrogen-bond donors (Lipinski definition) is 0. The molecular weight excluding hydrogens is 192 g/mol. The molecule has 0 aromatic carbocycles. The lowest BCUT2D eigenvalue weighted by molar-refractivity contribution is -0.386. The summed E-state index contributed by atoms with van der Waals surface area (Å²) in [5.74, 6) is 1.42. The SMILES string of the molecule is C1CC([C@H]2OO[C@@H](C3CCC3)[C@H]3O[C@H]32)C1. The maximum absolute atomic E-state index is 5.77. The lowest BCUT2D eigenvalue weighted by Gasteiger charge is -2.38. The van der Waals surface area contributed by atoms with E-state index in [1.54, 1.807) is 0 Å². The van der Waals surface area contributed by atoms with Gasteiger partial charge in [-0.05, 0) is 37.5 Å². The Hall–Kier alpha value is -0.120. The number of fused-ring (bicyclic) bond motifs is 1. The Balaban J connectivity index is 1.41. The van der Waals surface area contributed by atoms with Crippen LogP contribution < -0.4 is 0 Å². The van der Waals surface area contributed by atoms with Gasteiger partial charge in [-0.15, -0.1) is 0 Å². The average Bonchev–Trinajstić information content (AvgIpc) is 2.81. The second kappa shape index (κ2) is 3.19. The molecule has 0 spiro atoms. The van der Waals surface area contributed by atoms with E-state index in [2.05, 4.69) is 0 Å². The summed E-state index contributed by atoms with van der Waals surface area (Å²) in [6.45, 7) is 0. The Morgan fingerprint density at radius 1 is 0.600 bits per heavy atom. The highest BCUT2D eigenvalue weighted by Gasteiger charge is 2.60. The van der Waals surface area contributed by atoms with E-state index in [4.69, 9.17) is 14.5 Å². The van der Waals surface area contributed by atoms with Crippen LogP contribution in [0, 0.1) is 11.8 Å². The highest BCUT2D eigenvalue weighted by Crippen LogP contribution is 2.48. The molecule has 0 bridgehead atoms. The lowest BCUT2D eigenvalue weighted by atomic mass is 9.76. The van der Waals surface area contributed by atoms with Crippen molar-refractivity contribution in [2.45, 2.75) is 62.9 Å². The van der Waals surface area contributed by atoms with Crippen molar-refractivity contribution in [3.05, 3.63) is 0 Å². The molecule has 3 heteroatoms. The summed E-state index contributed by atoms with van der Waals surface area (Å²) in [7, 11) is 0. The molecule has 2 heterocycles. The minimum absolute atomic E-state index is 0.250. The molecule has 2 saturated heterocycles. The number of rotatable bonds is 2. The standard InChI is InChI=1S/C12H18O3/c1-3-7(4-1)9-11-12(13-11)10(15-14-9)8-5-2-6-8/h7-12H,1-6H2/t9-,10+,11+,12-. The zero-order valence-corrected chi connectivity index (χ0v) is 8.93. The molecule has 0 aromatic heterocycles. The van der Waals surface area contributed by atoms with Crippen molar-refractivity contribution in [2.24, 2.45) is 11.8 Å². The number of ether oxygens (including phenoxy) is 1. The fraction of sp³-hybridized carbons (Fsp3) is 1.00. The Morgan fingerprint density at radius 3 is 1.40 bits per heavy atom. The van der Waals surface area contributed by atoms with Gasteiger partial charge in [-0.2, -0.15) is 0 Å². The zero-order valence-electron chi connectivity index (χ0n) is 8.93. The number of hydrogen-bond acceptors (Lipinski definition) is 3. The van der Waals surface area contributed by atoms with Crippen LogP contribution in [0.15, 0.2) is 0 Å². The van der Waals surface area contributed by atoms with E-state index in [0.29, 0.717) is 24.0 Å². The summed E-state index contributed by atoms with van der Waals surface area (Å²) in [4.78, 5) is 11.2. The van der Waals surface area contributed by atoms with Gasteiger partial charge in [0, 0.05) is 0 Å². The average molecular weight is 210 g/mol. The molecule has 2 aliphatic heterocycles. The van der Waals surface area contributed by atoms with Gasteiger partial charge in [-0.3, -0.25) is 0 Å². The first kappa shape index (κ1) is 8.97. The van der Waals surface area contributed by atoms with Crippen LogP contribution in [0.1, 0.15) is 38.5 Å². The smallest absolute Gasteiger partial charge is 0.124 e. The van der Waals surface area contributed by atoms with Gasteiger partial charge in [0.25, 0.3) is 0 Å². The monoisotopic (exact) mass is 210 g/mol. The first-order chi connectivity index (χ1) is 7.43. The molecule has 0 unspecified atom stereocenters. The molecule has 3 nitrogen and oxygen atoms in total. The Bertz CT molecular complexity index is 234. The maximum atomic E-state index is 5.77. The number of epoxide rings is 1. The lowest BCUT2D eigenvalue weighted by Crippen LogP contribution is -2.46. The highest BCUT2D eigenvalue weighted by atomic mass is 17.2. The fourth-order valence-corrected chi connectivity index (χ4v) is 3.13. The summed E-state index contributed by atoms with van der Waals surface area (Å²) >= 11 is 0. The summed E-state index contributed by atoms with van der Waals surface area (Å²) in [5.41, 5.74) is 0. The van der Waals surface area contributed by atoms with Gasteiger partial charge >= 0.3 is 0 Å². The van der Waals surface area contributed by atoms with Crippen LogP contribution >= 0.6 is 0 Å². The Kier molecular flexibility index (Phi) is 1.91. The van der Waals surface area contributed by atoms with Crippen molar-refractivity contribution in [3.8, 4) is 0 Å². The van der Waals surface area contributed by atoms with Crippen molar-refractivity contribution in [3.63, 3.8) is 0 Å². The van der Waals surface area contributed by atoms with Crippen molar-refractivity contribution in [2.75, 3.05) is 0 Å². The molecule has 15 heavy (non-hydrogen) atoms. The third-order valence-electron chi connectivity index (χ3n) is 4.72. The molecule has 4 aliphatic rings. The first-order valence-corrected chi connectivity index (χ1v) is 6.41. The first-order valence-electron chi connectivity index (χ1n) is 6.41. The quantitative estimate of drug-likeness (QED) is 0.516. The van der Waals surface area contributed by atoms with Crippen LogP contribution in [0.3, 0.4) is 0 Å². The maximum Gasteiger partial charge on any atom is 0.124 e. The van der Waals surface area contributed by atoms with Gasteiger partial charge in [0.05, 0.1) is 0 Å². The van der Waals surface area contributed by atoms with Gasteiger partial charge in [0.2, 0.25) is 0 Å². The van der Waals surface area contributed by atoms with E-state index in [1.807, 2.05) is 0 Å². The minimum Gasteiger partial charge on any atom is -0.364 e. The fourth-order valence-electron chi connectivity index (χ4n) is 3.13. The van der Waals surface area contributed by atoms with Crippen LogP contribution in [-0.2, 0) is 14.5 Å². The molecule has 4 rings (SSSR count). The van der Waals surface area contributed by atoms with Crippen LogP contribution in [0.2, 0.25) is 0 Å². The van der Waals surface area contributed by atoms with E-state index in [0.717, 1.165) is 0 Å². The Morgan fingerprint density at radius 2 is 1.07 bits per heavy atom. The van der Waals surface area contributed by atoms with Gasteiger partial charge < -0.3 is 4.74 Å². The molecule has 0 amide bonds. The molecule has 0 radical (unpaired) electrons.